The predicted molar refractivity (Wildman–Crippen MR) is 122 cm³/mol. The second-order valence-corrected chi connectivity index (χ2v) is 8.57. The van der Waals surface area contributed by atoms with Crippen LogP contribution in [0.1, 0.15) is 46.9 Å². The molecule has 1 atom stereocenters. The van der Waals surface area contributed by atoms with E-state index in [-0.39, 0.29) is 17.6 Å². The molecule has 3 rings (SSSR count). The summed E-state index contributed by atoms with van der Waals surface area (Å²) in [5, 5.41) is 2.41. The van der Waals surface area contributed by atoms with Crippen molar-refractivity contribution in [3.63, 3.8) is 0 Å². The first kappa shape index (κ1) is 22.7. The molecule has 2 aromatic rings. The Morgan fingerprint density at radius 3 is 2.55 bits per heavy atom. The van der Waals surface area contributed by atoms with E-state index in [0.717, 1.165) is 28.5 Å². The normalized spacial score (nSPS) is 15.8. The molecular weight excluding hydrogens is 412 g/mol. The van der Waals surface area contributed by atoms with E-state index in [4.69, 9.17) is 4.74 Å². The molecule has 0 radical (unpaired) electrons. The number of allylic oxidation sites excluding steroid dienone is 2. The quantitative estimate of drug-likeness (QED) is 0.630. The number of ether oxygens (including phenoxy) is 1. The highest BCUT2D eigenvalue weighted by Gasteiger charge is 2.37. The van der Waals surface area contributed by atoms with Crippen LogP contribution in [0.5, 0.6) is 0 Å². The summed E-state index contributed by atoms with van der Waals surface area (Å²) in [6.45, 7) is 6.10. The third-order valence-electron chi connectivity index (χ3n) is 5.20. The maximum atomic E-state index is 13.3. The van der Waals surface area contributed by atoms with Crippen molar-refractivity contribution in [2.75, 3.05) is 12.3 Å². The van der Waals surface area contributed by atoms with Crippen LogP contribution in [-0.2, 0) is 9.53 Å². The summed E-state index contributed by atoms with van der Waals surface area (Å²) in [7, 11) is 0. The van der Waals surface area contributed by atoms with Gasteiger partial charge < -0.3 is 10.1 Å². The summed E-state index contributed by atoms with van der Waals surface area (Å²) in [6, 6.07) is 11.0. The lowest BCUT2D eigenvalue weighted by Gasteiger charge is -2.13. The molecule has 1 aliphatic rings. The zero-order chi connectivity index (χ0) is 22.4. The molecule has 1 amide bonds. The summed E-state index contributed by atoms with van der Waals surface area (Å²) in [4.78, 5) is 41.7. The summed E-state index contributed by atoms with van der Waals surface area (Å²) < 4.78 is 5.61. The van der Waals surface area contributed by atoms with Crippen LogP contribution < -0.4 is 5.32 Å². The van der Waals surface area contributed by atoms with Crippen molar-refractivity contribution in [2.45, 2.75) is 33.6 Å². The fourth-order valence-electron chi connectivity index (χ4n) is 3.75. The molecule has 7 heteroatoms. The van der Waals surface area contributed by atoms with Crippen molar-refractivity contribution >= 4 is 34.3 Å². The van der Waals surface area contributed by atoms with Gasteiger partial charge in [0.2, 0.25) is 0 Å². The van der Waals surface area contributed by atoms with Gasteiger partial charge in [-0.3, -0.25) is 14.6 Å². The first-order valence-electron chi connectivity index (χ1n) is 10.3. The van der Waals surface area contributed by atoms with Gasteiger partial charge in [0.15, 0.2) is 5.78 Å². The number of hydrogen-bond donors (Lipinski definition) is 1. The minimum atomic E-state index is -0.404. The van der Waals surface area contributed by atoms with E-state index in [2.05, 4.69) is 10.3 Å². The van der Waals surface area contributed by atoms with Crippen molar-refractivity contribution in [1.29, 1.82) is 0 Å². The average Bonchev–Trinajstić information content (AvgIpc) is 3.04. The molecule has 31 heavy (non-hydrogen) atoms. The van der Waals surface area contributed by atoms with E-state index in [1.165, 1.54) is 0 Å². The minimum Gasteiger partial charge on any atom is -0.422 e. The van der Waals surface area contributed by atoms with Crippen LogP contribution >= 0.6 is 11.8 Å². The Labute approximate surface area is 186 Å². The fraction of sp³-hybridized carbons (Fsp3) is 0.333. The Morgan fingerprint density at radius 1 is 1.16 bits per heavy atom. The Kier molecular flexibility index (Phi) is 7.63. The molecule has 1 heterocycles. The Balaban J connectivity index is 1.76. The number of benzene rings is 1. The van der Waals surface area contributed by atoms with Crippen LogP contribution in [0.25, 0.3) is 5.57 Å². The lowest BCUT2D eigenvalue weighted by Crippen LogP contribution is -2.27. The predicted octanol–water partition coefficient (Wildman–Crippen LogP) is 4.71. The maximum Gasteiger partial charge on any atom is 0.372 e. The number of nitrogens with zero attached hydrogens (tertiary/aromatic N) is 1. The number of aromatic nitrogens is 1. The van der Waals surface area contributed by atoms with Gasteiger partial charge in [0, 0.05) is 30.8 Å². The first-order valence-corrected chi connectivity index (χ1v) is 11.3. The summed E-state index contributed by atoms with van der Waals surface area (Å²) in [5.41, 5.74) is 3.58. The number of ketones is 1. The number of rotatable bonds is 7. The number of nitrogens with one attached hydrogen (secondary N) is 1. The maximum absolute atomic E-state index is 13.3. The lowest BCUT2D eigenvalue weighted by molar-refractivity contribution is -0.116. The van der Waals surface area contributed by atoms with Crippen molar-refractivity contribution in [3.05, 3.63) is 70.7 Å². The van der Waals surface area contributed by atoms with E-state index in [0.29, 0.717) is 42.2 Å². The number of aryl methyl sites for hydroxylation is 2. The highest BCUT2D eigenvalue weighted by Crippen LogP contribution is 2.40. The Hall–Kier alpha value is -2.93. The average molecular weight is 439 g/mol. The van der Waals surface area contributed by atoms with E-state index in [9.17, 15) is 14.4 Å². The van der Waals surface area contributed by atoms with Crippen molar-refractivity contribution in [3.8, 4) is 0 Å². The molecule has 0 saturated heterocycles. The van der Waals surface area contributed by atoms with Gasteiger partial charge >= 0.3 is 5.30 Å². The molecule has 6 nitrogen and oxygen atoms in total. The van der Waals surface area contributed by atoms with Crippen LogP contribution in [-0.4, -0.2) is 34.3 Å². The third-order valence-corrected chi connectivity index (χ3v) is 5.81. The third kappa shape index (κ3) is 5.41. The van der Waals surface area contributed by atoms with Crippen LogP contribution in [0, 0.1) is 19.8 Å². The number of hydrogen-bond acceptors (Lipinski definition) is 6. The smallest absolute Gasteiger partial charge is 0.372 e. The Morgan fingerprint density at radius 2 is 1.90 bits per heavy atom. The number of carbonyl (C=O) groups is 3. The van der Waals surface area contributed by atoms with Gasteiger partial charge in [-0.25, -0.2) is 4.79 Å². The van der Waals surface area contributed by atoms with Gasteiger partial charge in [0.05, 0.1) is 5.57 Å². The van der Waals surface area contributed by atoms with Gasteiger partial charge in [-0.2, -0.15) is 0 Å². The lowest BCUT2D eigenvalue weighted by atomic mass is 9.91. The van der Waals surface area contributed by atoms with Gasteiger partial charge in [-0.05, 0) is 60.9 Å². The van der Waals surface area contributed by atoms with E-state index < -0.39 is 5.30 Å². The van der Waals surface area contributed by atoms with Gasteiger partial charge in [0.1, 0.15) is 11.5 Å². The molecule has 1 aromatic heterocycles. The number of Topliss-reactive ketones (excluding diaryl/α,β-unsaturated/α-hetero) is 1. The number of carbonyl (C=O) groups excluding carboxylic acids is 3. The van der Waals surface area contributed by atoms with E-state index in [1.54, 1.807) is 24.4 Å². The highest BCUT2D eigenvalue weighted by molar-refractivity contribution is 8.13. The standard InChI is InChI=1S/C24H26N2O4S/c1-4-31-24(29)30-19-14-17(11-13-26-23(28)18-10-5-6-12-25-18)22(27)21(19)20-15(2)8-7-9-16(20)3/h5-10,12,17H,4,11,13-14H2,1-3H3,(H,26,28). The summed E-state index contributed by atoms with van der Waals surface area (Å²) in [6.07, 6.45) is 2.36. The molecule has 0 fully saturated rings. The first-order chi connectivity index (χ1) is 14.9. The molecule has 0 spiro atoms. The molecular formula is C24H26N2O4S. The summed E-state index contributed by atoms with van der Waals surface area (Å²) in [5.74, 6) is 0.345. The van der Waals surface area contributed by atoms with Gasteiger partial charge in [-0.15, -0.1) is 0 Å². The topological polar surface area (TPSA) is 85.4 Å². The zero-order valence-electron chi connectivity index (χ0n) is 17.9. The molecule has 162 valence electrons. The van der Waals surface area contributed by atoms with Crippen molar-refractivity contribution in [1.82, 2.24) is 10.3 Å². The molecule has 1 unspecified atom stereocenters. The second kappa shape index (κ2) is 10.4. The SMILES string of the molecule is CCSC(=O)OC1=C(c2c(C)cccc2C)C(=O)C(CCNC(=O)c2ccccn2)C1. The van der Waals surface area contributed by atoms with E-state index >= 15 is 0 Å². The summed E-state index contributed by atoms with van der Waals surface area (Å²) >= 11 is 1.08. The van der Waals surface area contributed by atoms with Gasteiger partial charge in [0.25, 0.3) is 5.91 Å². The van der Waals surface area contributed by atoms with Crippen molar-refractivity contribution in [2.24, 2.45) is 5.92 Å². The van der Waals surface area contributed by atoms with Crippen LogP contribution in [0.3, 0.4) is 0 Å². The molecule has 1 aliphatic carbocycles. The number of amides is 1. The molecule has 0 bridgehead atoms. The van der Waals surface area contributed by atoms with Crippen LogP contribution in [0.15, 0.2) is 48.4 Å². The van der Waals surface area contributed by atoms with E-state index in [1.807, 2.05) is 39.0 Å². The fourth-order valence-corrected chi connectivity index (χ4v) is 4.15. The van der Waals surface area contributed by atoms with Gasteiger partial charge in [-0.1, -0.05) is 31.2 Å². The highest BCUT2D eigenvalue weighted by atomic mass is 32.2. The largest absolute Gasteiger partial charge is 0.422 e. The van der Waals surface area contributed by atoms with Crippen LogP contribution in [0.2, 0.25) is 0 Å². The van der Waals surface area contributed by atoms with Crippen LogP contribution in [0.4, 0.5) is 4.79 Å². The Bertz CT molecular complexity index is 997. The molecule has 0 aliphatic heterocycles. The van der Waals surface area contributed by atoms with Crippen molar-refractivity contribution < 1.29 is 19.1 Å². The minimum absolute atomic E-state index is 0.0474. The molecule has 1 aromatic carbocycles. The number of pyridine rings is 1. The number of thioether (sulfide) groups is 1. The zero-order valence-corrected chi connectivity index (χ0v) is 18.8. The monoisotopic (exact) mass is 438 g/mol. The molecule has 0 saturated carbocycles. The second-order valence-electron chi connectivity index (χ2n) is 7.37. The molecule has 1 N–H and O–H groups in total.